The van der Waals surface area contributed by atoms with E-state index in [0.717, 1.165) is 65.0 Å². The molecule has 310 valence electrons. The number of thiazole rings is 2. The molecule has 4 amide bonds. The topological polar surface area (TPSA) is 200 Å². The molecule has 2 saturated heterocycles. The Balaban J connectivity index is 0.912. The number of hydrogen-bond acceptors (Lipinski definition) is 12. The molecule has 6 heterocycles. The van der Waals surface area contributed by atoms with E-state index >= 15 is 0 Å². The van der Waals surface area contributed by atoms with E-state index in [0.29, 0.717) is 30.4 Å². The van der Waals surface area contributed by atoms with Gasteiger partial charge in [-0.25, -0.2) is 29.5 Å². The van der Waals surface area contributed by atoms with Crippen LogP contribution in [0.15, 0.2) is 82.7 Å². The maximum atomic E-state index is 13.8. The third kappa shape index (κ3) is 8.93. The van der Waals surface area contributed by atoms with Crippen LogP contribution < -0.4 is 10.6 Å². The first-order valence-electron chi connectivity index (χ1n) is 19.7. The summed E-state index contributed by atoms with van der Waals surface area (Å²) in [6, 6.07) is 15.1. The Morgan fingerprint density at radius 2 is 1.22 bits per heavy atom. The predicted octanol–water partition coefficient (Wildman–Crippen LogP) is 6.31. The third-order valence-electron chi connectivity index (χ3n) is 10.9. The molecular formula is C42H44N10O6S2. The highest BCUT2D eigenvalue weighted by atomic mass is 32.1. The minimum absolute atomic E-state index is 0.194. The van der Waals surface area contributed by atoms with Crippen molar-refractivity contribution in [1.82, 2.24) is 50.3 Å². The number of nitrogens with zero attached hydrogens (tertiary/aromatic N) is 6. The van der Waals surface area contributed by atoms with Crippen molar-refractivity contribution in [2.45, 2.75) is 62.8 Å². The van der Waals surface area contributed by atoms with E-state index in [-0.39, 0.29) is 36.7 Å². The number of alkyl carbamates (subject to hydrolysis) is 2. The molecule has 4 aromatic heterocycles. The lowest BCUT2D eigenvalue weighted by Gasteiger charge is -2.28. The molecule has 0 spiro atoms. The van der Waals surface area contributed by atoms with Crippen LogP contribution in [-0.2, 0) is 31.9 Å². The maximum Gasteiger partial charge on any atom is 0.407 e. The van der Waals surface area contributed by atoms with E-state index in [2.05, 4.69) is 59.8 Å². The molecule has 2 aliphatic rings. The van der Waals surface area contributed by atoms with Crippen molar-refractivity contribution >= 4 is 46.7 Å². The molecule has 18 heteroatoms. The van der Waals surface area contributed by atoms with Crippen LogP contribution in [0.4, 0.5) is 9.59 Å². The van der Waals surface area contributed by atoms with Crippen LogP contribution >= 0.6 is 22.7 Å². The van der Waals surface area contributed by atoms with Gasteiger partial charge in [-0.05, 0) is 47.9 Å². The average molecular weight is 849 g/mol. The van der Waals surface area contributed by atoms with Crippen LogP contribution in [0.1, 0.15) is 60.8 Å². The van der Waals surface area contributed by atoms with Gasteiger partial charge in [0.25, 0.3) is 5.91 Å². The molecule has 2 aromatic carbocycles. The van der Waals surface area contributed by atoms with Crippen molar-refractivity contribution in [2.75, 3.05) is 27.2 Å². The highest BCUT2D eigenvalue weighted by molar-refractivity contribution is 7.07. The van der Waals surface area contributed by atoms with Gasteiger partial charge in [0.05, 0.1) is 65.4 Å². The van der Waals surface area contributed by atoms with E-state index in [4.69, 9.17) is 14.5 Å². The largest absolute Gasteiger partial charge is 0.453 e. The van der Waals surface area contributed by atoms with Gasteiger partial charge in [-0.2, -0.15) is 0 Å². The fourth-order valence-electron chi connectivity index (χ4n) is 7.85. The SMILES string of the molecule is CNC(=O)O[C@@H](Cc1cscn1)C(=O)N1CCC[C@H]1c1ncc(-c2ccc(-c3ccc(-c4cnc([C@@H]5CCCN5C(=O)[C@H](Cc5cscn5)NC(=O)OC)[nH]4)cc3)cc2)[nH]1. The van der Waals surface area contributed by atoms with Gasteiger partial charge in [0.15, 0.2) is 6.10 Å². The van der Waals surface area contributed by atoms with Gasteiger partial charge >= 0.3 is 12.2 Å². The summed E-state index contributed by atoms with van der Waals surface area (Å²) in [5.74, 6) is 0.906. The third-order valence-corrected chi connectivity index (χ3v) is 12.2. The molecule has 4 atom stereocenters. The Hall–Kier alpha value is -6.40. The minimum atomic E-state index is -1.00. The number of hydrogen-bond donors (Lipinski definition) is 4. The quantitative estimate of drug-likeness (QED) is 0.102. The zero-order valence-electron chi connectivity index (χ0n) is 33.0. The number of amides is 4. The van der Waals surface area contributed by atoms with Crippen LogP contribution in [0.2, 0.25) is 0 Å². The van der Waals surface area contributed by atoms with Gasteiger partial charge in [-0.3, -0.25) is 9.59 Å². The molecule has 0 radical (unpaired) electrons. The average Bonchev–Trinajstić information content (AvgIpc) is 4.12. The highest BCUT2D eigenvalue weighted by Crippen LogP contribution is 2.35. The maximum absolute atomic E-state index is 13.8. The van der Waals surface area contributed by atoms with E-state index in [1.54, 1.807) is 33.2 Å². The molecule has 6 aromatic rings. The van der Waals surface area contributed by atoms with E-state index in [1.807, 2.05) is 35.0 Å². The van der Waals surface area contributed by atoms with Crippen molar-refractivity contribution in [3.05, 3.63) is 106 Å². The normalized spacial score (nSPS) is 17.3. The molecule has 16 nitrogen and oxygen atoms in total. The molecule has 2 aliphatic heterocycles. The Bertz CT molecular complexity index is 2230. The summed E-state index contributed by atoms with van der Waals surface area (Å²) in [6.45, 7) is 1.09. The molecular weight excluding hydrogens is 805 g/mol. The van der Waals surface area contributed by atoms with Gasteiger partial charge in [0.1, 0.15) is 17.7 Å². The number of carbonyl (C=O) groups excluding carboxylic acids is 4. The van der Waals surface area contributed by atoms with Crippen molar-refractivity contribution in [3.63, 3.8) is 0 Å². The van der Waals surface area contributed by atoms with E-state index in [9.17, 15) is 19.2 Å². The molecule has 0 saturated carbocycles. The molecule has 0 unspecified atom stereocenters. The number of rotatable bonds is 13. The Morgan fingerprint density at radius 1 is 0.717 bits per heavy atom. The summed E-state index contributed by atoms with van der Waals surface area (Å²) >= 11 is 2.86. The first kappa shape index (κ1) is 40.4. The van der Waals surface area contributed by atoms with Crippen molar-refractivity contribution in [3.8, 4) is 33.6 Å². The molecule has 8 rings (SSSR count). The summed E-state index contributed by atoms with van der Waals surface area (Å²) in [5.41, 5.74) is 10.5. The van der Waals surface area contributed by atoms with Crippen LogP contribution in [0.25, 0.3) is 33.6 Å². The first-order chi connectivity index (χ1) is 29.3. The predicted molar refractivity (Wildman–Crippen MR) is 225 cm³/mol. The molecule has 4 N–H and O–H groups in total. The highest BCUT2D eigenvalue weighted by Gasteiger charge is 2.38. The first-order valence-corrected chi connectivity index (χ1v) is 21.6. The summed E-state index contributed by atoms with van der Waals surface area (Å²) in [4.78, 5) is 80.2. The summed E-state index contributed by atoms with van der Waals surface area (Å²) < 4.78 is 10.3. The number of aromatic amines is 2. The number of ether oxygens (including phenoxy) is 2. The Morgan fingerprint density at radius 3 is 1.70 bits per heavy atom. The number of aromatic nitrogens is 6. The Labute approximate surface area is 353 Å². The zero-order valence-corrected chi connectivity index (χ0v) is 34.6. The number of benzene rings is 2. The number of carbonyl (C=O) groups is 4. The summed E-state index contributed by atoms with van der Waals surface area (Å²) in [5, 5.41) is 8.85. The lowest BCUT2D eigenvalue weighted by Crippen LogP contribution is -2.49. The van der Waals surface area contributed by atoms with Crippen molar-refractivity contribution in [2.24, 2.45) is 0 Å². The summed E-state index contributed by atoms with van der Waals surface area (Å²) in [6.07, 6.45) is 4.80. The molecule has 2 fully saturated rings. The fraction of sp³-hybridized carbons (Fsp3) is 0.333. The molecule has 0 aliphatic carbocycles. The number of imidazole rings is 2. The Kier molecular flexibility index (Phi) is 12.3. The molecule has 60 heavy (non-hydrogen) atoms. The minimum Gasteiger partial charge on any atom is -0.453 e. The van der Waals surface area contributed by atoms with Gasteiger partial charge in [0, 0.05) is 43.7 Å². The van der Waals surface area contributed by atoms with Crippen LogP contribution in [0, 0.1) is 0 Å². The second-order valence-corrected chi connectivity index (χ2v) is 16.0. The van der Waals surface area contributed by atoms with E-state index in [1.165, 1.54) is 36.8 Å². The second-order valence-electron chi connectivity index (χ2n) is 14.6. The lowest BCUT2D eigenvalue weighted by molar-refractivity contribution is -0.141. The number of methoxy groups -OCH3 is 1. The van der Waals surface area contributed by atoms with Crippen LogP contribution in [0.5, 0.6) is 0 Å². The van der Waals surface area contributed by atoms with Gasteiger partial charge < -0.3 is 39.9 Å². The smallest absolute Gasteiger partial charge is 0.407 e. The zero-order chi connectivity index (χ0) is 41.6. The van der Waals surface area contributed by atoms with Crippen LogP contribution in [-0.4, -0.2) is 103 Å². The van der Waals surface area contributed by atoms with Gasteiger partial charge in [-0.1, -0.05) is 48.5 Å². The number of likely N-dealkylation sites (tertiary alicyclic amines) is 2. The second kappa shape index (κ2) is 18.3. The number of nitrogens with one attached hydrogen (secondary N) is 4. The van der Waals surface area contributed by atoms with Crippen molar-refractivity contribution < 1.29 is 28.7 Å². The van der Waals surface area contributed by atoms with E-state index < -0.39 is 24.3 Å². The monoisotopic (exact) mass is 848 g/mol. The fourth-order valence-corrected chi connectivity index (χ4v) is 8.99. The standard InChI is InChI=1S/C42H44N10O6S2/c1-43-41(55)58-36(18-30-22-60-24-47-30)40(54)52-16-4-6-35(52)38-45-20-33(49-38)28-13-9-26(10-14-28)25-7-11-27(12-8-25)32-19-44-37(48-32)34-5-3-15-51(34)39(53)31(50-42(56)57-2)17-29-21-59-23-46-29/h7-14,19-24,31,34-36H,3-6,15-18H2,1-2H3,(H,43,55)(H,44,48)(H,45,49)(H,50,56)/t31-,34-,35-,36-/m0/s1. The van der Waals surface area contributed by atoms with Gasteiger partial charge in [-0.15, -0.1) is 22.7 Å². The van der Waals surface area contributed by atoms with Gasteiger partial charge in [0.2, 0.25) is 5.91 Å². The summed E-state index contributed by atoms with van der Waals surface area (Å²) in [7, 11) is 2.74. The number of H-pyrrole nitrogens is 2. The molecule has 0 bridgehead atoms. The van der Waals surface area contributed by atoms with Crippen molar-refractivity contribution in [1.29, 1.82) is 0 Å². The lowest BCUT2D eigenvalue weighted by atomic mass is 10.0. The van der Waals surface area contributed by atoms with Crippen LogP contribution in [0.3, 0.4) is 0 Å².